The van der Waals surface area contributed by atoms with E-state index in [-0.39, 0.29) is 6.23 Å². The van der Waals surface area contributed by atoms with Crippen molar-refractivity contribution < 1.29 is 9.47 Å². The van der Waals surface area contributed by atoms with E-state index >= 15 is 0 Å². The number of benzene rings is 2. The zero-order valence-electron chi connectivity index (χ0n) is 13.9. The van der Waals surface area contributed by atoms with Crippen LogP contribution in [0.3, 0.4) is 0 Å². The van der Waals surface area contributed by atoms with Crippen LogP contribution in [-0.4, -0.2) is 24.8 Å². The largest absolute Gasteiger partial charge is 0.497 e. The molecule has 0 spiro atoms. The van der Waals surface area contributed by atoms with Crippen molar-refractivity contribution in [3.63, 3.8) is 0 Å². The highest BCUT2D eigenvalue weighted by Gasteiger charge is 2.28. The number of hydrogen-bond donors (Lipinski definition) is 0. The second-order valence-corrected chi connectivity index (χ2v) is 6.86. The molecule has 0 amide bonds. The standard InChI is InChI=1S/C20H19BrN2O2/c1-24-19-7-5-17(6-8-19)23-11-12-25-20(23)15-9-10-22(14-15)18-4-2-3-16(21)13-18/h2-10,13-14,20H,11-12H2,1H3/t20-/m1/s1. The van der Waals surface area contributed by atoms with Crippen LogP contribution in [0.25, 0.3) is 5.69 Å². The maximum absolute atomic E-state index is 6.01. The Morgan fingerprint density at radius 1 is 1.08 bits per heavy atom. The summed E-state index contributed by atoms with van der Waals surface area (Å²) < 4.78 is 14.4. The predicted molar refractivity (Wildman–Crippen MR) is 103 cm³/mol. The molecule has 5 heteroatoms. The van der Waals surface area contributed by atoms with Gasteiger partial charge in [-0.3, -0.25) is 0 Å². The molecule has 4 nitrogen and oxygen atoms in total. The minimum absolute atomic E-state index is 0.0678. The van der Waals surface area contributed by atoms with E-state index in [1.807, 2.05) is 24.3 Å². The summed E-state index contributed by atoms with van der Waals surface area (Å²) in [6.07, 6.45) is 4.14. The van der Waals surface area contributed by atoms with Crippen LogP contribution in [0.5, 0.6) is 5.75 Å². The Bertz CT molecular complexity index is 860. The normalized spacial score (nSPS) is 17.0. The highest BCUT2D eigenvalue weighted by atomic mass is 79.9. The molecule has 128 valence electrons. The minimum atomic E-state index is -0.0678. The SMILES string of the molecule is COc1ccc(N2CCO[C@@H]2c2ccn(-c3cccc(Br)c3)c2)cc1. The highest BCUT2D eigenvalue weighted by molar-refractivity contribution is 9.10. The number of halogens is 1. The Balaban J connectivity index is 1.60. The molecule has 1 aromatic heterocycles. The average Bonchev–Trinajstić information content (AvgIpc) is 3.31. The molecule has 0 bridgehead atoms. The topological polar surface area (TPSA) is 26.6 Å². The maximum Gasteiger partial charge on any atom is 0.158 e. The molecule has 0 radical (unpaired) electrons. The van der Waals surface area contributed by atoms with Gasteiger partial charge in [0.05, 0.1) is 13.7 Å². The molecule has 1 fully saturated rings. The summed E-state index contributed by atoms with van der Waals surface area (Å²) in [6, 6.07) is 18.5. The quantitative estimate of drug-likeness (QED) is 0.632. The van der Waals surface area contributed by atoms with Crippen molar-refractivity contribution in [1.82, 2.24) is 4.57 Å². The molecule has 1 saturated heterocycles. The van der Waals surface area contributed by atoms with Gasteiger partial charge in [-0.1, -0.05) is 22.0 Å². The first kappa shape index (κ1) is 16.2. The van der Waals surface area contributed by atoms with Crippen LogP contribution >= 0.6 is 15.9 Å². The third kappa shape index (κ3) is 3.30. The Labute approximate surface area is 155 Å². The second-order valence-electron chi connectivity index (χ2n) is 5.95. The van der Waals surface area contributed by atoms with E-state index in [1.165, 1.54) is 0 Å². The van der Waals surface area contributed by atoms with E-state index in [9.17, 15) is 0 Å². The molecule has 3 aromatic rings. The van der Waals surface area contributed by atoms with E-state index in [4.69, 9.17) is 9.47 Å². The summed E-state index contributed by atoms with van der Waals surface area (Å²) in [5, 5.41) is 0. The van der Waals surface area contributed by atoms with Crippen LogP contribution in [0.2, 0.25) is 0 Å². The van der Waals surface area contributed by atoms with E-state index in [0.717, 1.165) is 40.3 Å². The summed E-state index contributed by atoms with van der Waals surface area (Å²) in [7, 11) is 1.68. The Kier molecular flexibility index (Phi) is 4.51. The number of hydrogen-bond acceptors (Lipinski definition) is 3. The molecule has 25 heavy (non-hydrogen) atoms. The van der Waals surface area contributed by atoms with Crippen molar-refractivity contribution in [3.05, 3.63) is 77.0 Å². The van der Waals surface area contributed by atoms with Crippen LogP contribution in [0.1, 0.15) is 11.8 Å². The molecule has 1 atom stereocenters. The van der Waals surface area contributed by atoms with E-state index in [2.05, 4.69) is 68.1 Å². The summed E-state index contributed by atoms with van der Waals surface area (Å²) in [6.45, 7) is 1.60. The van der Waals surface area contributed by atoms with E-state index in [1.54, 1.807) is 7.11 Å². The highest BCUT2D eigenvalue weighted by Crippen LogP contribution is 2.33. The molecular formula is C20H19BrN2O2. The number of ether oxygens (including phenoxy) is 2. The lowest BCUT2D eigenvalue weighted by Crippen LogP contribution is -2.22. The third-order valence-corrected chi connectivity index (χ3v) is 4.90. The smallest absolute Gasteiger partial charge is 0.158 e. The average molecular weight is 399 g/mol. The molecular weight excluding hydrogens is 380 g/mol. The summed E-state index contributed by atoms with van der Waals surface area (Å²) in [5.74, 6) is 0.862. The number of nitrogens with zero attached hydrogens (tertiary/aromatic N) is 2. The van der Waals surface area contributed by atoms with Gasteiger partial charge < -0.3 is 18.9 Å². The fourth-order valence-electron chi connectivity index (χ4n) is 3.14. The number of anilines is 1. The molecule has 0 aliphatic carbocycles. The van der Waals surface area contributed by atoms with Gasteiger partial charge in [0.1, 0.15) is 5.75 Å². The van der Waals surface area contributed by atoms with Gasteiger partial charge in [0.25, 0.3) is 0 Å². The predicted octanol–water partition coefficient (Wildman–Crippen LogP) is 4.78. The molecule has 0 saturated carbocycles. The monoisotopic (exact) mass is 398 g/mol. The first-order valence-electron chi connectivity index (χ1n) is 8.21. The molecule has 4 rings (SSSR count). The molecule has 1 aliphatic rings. The zero-order chi connectivity index (χ0) is 17.2. The summed E-state index contributed by atoms with van der Waals surface area (Å²) in [5.41, 5.74) is 3.40. The van der Waals surface area contributed by atoms with Crippen molar-refractivity contribution in [2.45, 2.75) is 6.23 Å². The third-order valence-electron chi connectivity index (χ3n) is 4.40. The zero-order valence-corrected chi connectivity index (χ0v) is 15.5. The fraction of sp³-hybridized carbons (Fsp3) is 0.200. The molecule has 0 N–H and O–H groups in total. The molecule has 1 aliphatic heterocycles. The number of aromatic nitrogens is 1. The first-order valence-corrected chi connectivity index (χ1v) is 9.00. The molecule has 2 aromatic carbocycles. The van der Waals surface area contributed by atoms with Gasteiger partial charge in [-0.15, -0.1) is 0 Å². The van der Waals surface area contributed by atoms with Crippen molar-refractivity contribution >= 4 is 21.6 Å². The van der Waals surface area contributed by atoms with Crippen molar-refractivity contribution in [3.8, 4) is 11.4 Å². The van der Waals surface area contributed by atoms with Crippen molar-refractivity contribution in [2.24, 2.45) is 0 Å². The molecule has 0 unspecified atom stereocenters. The summed E-state index contributed by atoms with van der Waals surface area (Å²) in [4.78, 5) is 2.28. The number of rotatable bonds is 4. The fourth-order valence-corrected chi connectivity index (χ4v) is 3.53. The molecule has 2 heterocycles. The van der Waals surface area contributed by atoms with Gasteiger partial charge in [0, 0.05) is 40.3 Å². The second kappa shape index (κ2) is 6.94. The van der Waals surface area contributed by atoms with E-state index in [0.29, 0.717) is 0 Å². The van der Waals surface area contributed by atoms with Crippen molar-refractivity contribution in [2.75, 3.05) is 25.2 Å². The van der Waals surface area contributed by atoms with Gasteiger partial charge in [-0.25, -0.2) is 0 Å². The Hall–Kier alpha value is -2.24. The van der Waals surface area contributed by atoms with Crippen LogP contribution in [0.15, 0.2) is 71.5 Å². The summed E-state index contributed by atoms with van der Waals surface area (Å²) >= 11 is 3.53. The van der Waals surface area contributed by atoms with Crippen LogP contribution in [-0.2, 0) is 4.74 Å². The Morgan fingerprint density at radius 3 is 2.68 bits per heavy atom. The lowest BCUT2D eigenvalue weighted by atomic mass is 10.2. The minimum Gasteiger partial charge on any atom is -0.497 e. The van der Waals surface area contributed by atoms with Crippen LogP contribution < -0.4 is 9.64 Å². The lowest BCUT2D eigenvalue weighted by Gasteiger charge is -2.24. The van der Waals surface area contributed by atoms with Crippen molar-refractivity contribution in [1.29, 1.82) is 0 Å². The Morgan fingerprint density at radius 2 is 1.92 bits per heavy atom. The van der Waals surface area contributed by atoms with Gasteiger partial charge in [-0.05, 0) is 48.5 Å². The van der Waals surface area contributed by atoms with Gasteiger partial charge in [0.2, 0.25) is 0 Å². The first-order chi connectivity index (χ1) is 12.2. The van der Waals surface area contributed by atoms with Gasteiger partial charge in [0.15, 0.2) is 6.23 Å². The maximum atomic E-state index is 6.01. The van der Waals surface area contributed by atoms with Crippen LogP contribution in [0, 0.1) is 0 Å². The lowest BCUT2D eigenvalue weighted by molar-refractivity contribution is 0.114. The van der Waals surface area contributed by atoms with Gasteiger partial charge in [-0.2, -0.15) is 0 Å². The van der Waals surface area contributed by atoms with E-state index < -0.39 is 0 Å². The van der Waals surface area contributed by atoms with Gasteiger partial charge >= 0.3 is 0 Å². The number of methoxy groups -OCH3 is 1. The van der Waals surface area contributed by atoms with Crippen LogP contribution in [0.4, 0.5) is 5.69 Å².